The fourth-order valence-corrected chi connectivity index (χ4v) is 3.49. The monoisotopic (exact) mass is 414 g/mol. The van der Waals surface area contributed by atoms with Crippen LogP contribution >= 0.6 is 0 Å². The zero-order valence-electron chi connectivity index (χ0n) is 18.1. The molecule has 4 nitrogen and oxygen atoms in total. The zero-order valence-corrected chi connectivity index (χ0v) is 18.1. The van der Waals surface area contributed by atoms with E-state index in [-0.39, 0.29) is 11.8 Å². The number of rotatable bonds is 10. The lowest BCUT2D eigenvalue weighted by Crippen LogP contribution is -2.16. The molecule has 2 amide bonds. The second kappa shape index (κ2) is 11.7. The molecule has 0 fully saturated rings. The highest BCUT2D eigenvalue weighted by Gasteiger charge is 2.10. The first-order chi connectivity index (χ1) is 15.1. The summed E-state index contributed by atoms with van der Waals surface area (Å²) in [4.78, 5) is 24.9. The Morgan fingerprint density at radius 3 is 1.65 bits per heavy atom. The van der Waals surface area contributed by atoms with Crippen molar-refractivity contribution in [2.24, 2.45) is 0 Å². The fraction of sp³-hybridized carbons (Fsp3) is 0.259. The molecular formula is C27H30N2O2. The highest BCUT2D eigenvalue weighted by Crippen LogP contribution is 2.24. The number of hydrogen-bond acceptors (Lipinski definition) is 2. The van der Waals surface area contributed by atoms with Gasteiger partial charge in [0.25, 0.3) is 0 Å². The van der Waals surface area contributed by atoms with Crippen LogP contribution in [0.4, 0.5) is 11.4 Å². The summed E-state index contributed by atoms with van der Waals surface area (Å²) in [7, 11) is 0. The maximum atomic E-state index is 12.5. The van der Waals surface area contributed by atoms with Crippen LogP contribution in [0.1, 0.15) is 42.4 Å². The van der Waals surface area contributed by atoms with Crippen molar-refractivity contribution >= 4 is 23.2 Å². The molecule has 160 valence electrons. The Balaban J connectivity index is 1.49. The normalized spacial score (nSPS) is 10.5. The van der Waals surface area contributed by atoms with E-state index in [0.29, 0.717) is 24.2 Å². The van der Waals surface area contributed by atoms with Gasteiger partial charge in [-0.15, -0.1) is 0 Å². The predicted molar refractivity (Wildman–Crippen MR) is 127 cm³/mol. The number of nitrogens with one attached hydrogen (secondary N) is 2. The molecule has 0 atom stereocenters. The summed E-state index contributed by atoms with van der Waals surface area (Å²) in [6.07, 6.45) is 4.17. The molecule has 0 aromatic heterocycles. The van der Waals surface area contributed by atoms with E-state index in [2.05, 4.69) is 34.9 Å². The lowest BCUT2D eigenvalue weighted by Gasteiger charge is -2.13. The van der Waals surface area contributed by atoms with Crippen LogP contribution < -0.4 is 10.6 Å². The lowest BCUT2D eigenvalue weighted by molar-refractivity contribution is -0.117. The van der Waals surface area contributed by atoms with Crippen molar-refractivity contribution in [3.63, 3.8) is 0 Å². The van der Waals surface area contributed by atoms with Gasteiger partial charge >= 0.3 is 0 Å². The summed E-state index contributed by atoms with van der Waals surface area (Å²) < 4.78 is 0. The average Bonchev–Trinajstić information content (AvgIpc) is 2.77. The topological polar surface area (TPSA) is 58.2 Å². The van der Waals surface area contributed by atoms with Crippen LogP contribution in [0, 0.1) is 6.92 Å². The minimum absolute atomic E-state index is 0.0406. The van der Waals surface area contributed by atoms with Crippen molar-refractivity contribution in [2.45, 2.75) is 45.4 Å². The number of carbonyl (C=O) groups excluding carboxylic acids is 2. The van der Waals surface area contributed by atoms with Gasteiger partial charge in [0.15, 0.2) is 0 Å². The fourth-order valence-electron chi connectivity index (χ4n) is 3.49. The van der Waals surface area contributed by atoms with Crippen molar-refractivity contribution in [1.29, 1.82) is 0 Å². The van der Waals surface area contributed by atoms with Crippen LogP contribution in [0.5, 0.6) is 0 Å². The molecule has 31 heavy (non-hydrogen) atoms. The van der Waals surface area contributed by atoms with Crippen molar-refractivity contribution in [3.8, 4) is 0 Å². The summed E-state index contributed by atoms with van der Waals surface area (Å²) in [6, 6.07) is 26.0. The molecule has 0 radical (unpaired) electrons. The first-order valence-corrected chi connectivity index (χ1v) is 10.9. The Morgan fingerprint density at radius 2 is 1.13 bits per heavy atom. The van der Waals surface area contributed by atoms with Crippen LogP contribution in [-0.2, 0) is 22.4 Å². The molecule has 3 aromatic carbocycles. The summed E-state index contributed by atoms with van der Waals surface area (Å²) in [5, 5.41) is 5.93. The van der Waals surface area contributed by atoms with Gasteiger partial charge in [0, 0.05) is 12.8 Å². The minimum atomic E-state index is -0.0423. The Labute approximate surface area is 184 Å². The Kier molecular flexibility index (Phi) is 8.41. The van der Waals surface area contributed by atoms with Crippen LogP contribution in [0.3, 0.4) is 0 Å². The second-order valence-corrected chi connectivity index (χ2v) is 7.82. The number of hydrogen-bond donors (Lipinski definition) is 2. The van der Waals surface area contributed by atoms with Crippen molar-refractivity contribution in [1.82, 2.24) is 0 Å². The molecule has 0 unspecified atom stereocenters. The number of benzene rings is 3. The van der Waals surface area contributed by atoms with E-state index in [1.807, 2.05) is 61.5 Å². The smallest absolute Gasteiger partial charge is 0.224 e. The van der Waals surface area contributed by atoms with Gasteiger partial charge in [-0.25, -0.2) is 0 Å². The average molecular weight is 415 g/mol. The summed E-state index contributed by atoms with van der Waals surface area (Å²) in [5.74, 6) is -0.0829. The number of aryl methyl sites for hydroxylation is 3. The second-order valence-electron chi connectivity index (χ2n) is 7.82. The minimum Gasteiger partial charge on any atom is -0.324 e. The van der Waals surface area contributed by atoms with Crippen molar-refractivity contribution in [2.75, 3.05) is 10.6 Å². The van der Waals surface area contributed by atoms with Gasteiger partial charge < -0.3 is 10.6 Å². The molecule has 3 aromatic rings. The van der Waals surface area contributed by atoms with Gasteiger partial charge in [-0.2, -0.15) is 0 Å². The quantitative estimate of drug-likeness (QED) is 0.433. The third-order valence-corrected chi connectivity index (χ3v) is 5.15. The van der Waals surface area contributed by atoms with E-state index in [9.17, 15) is 9.59 Å². The summed E-state index contributed by atoms with van der Waals surface area (Å²) in [5.41, 5.74) is 4.79. The lowest BCUT2D eigenvalue weighted by atomic mass is 10.1. The molecule has 0 aliphatic carbocycles. The van der Waals surface area contributed by atoms with Crippen LogP contribution in [0.25, 0.3) is 0 Å². The molecule has 0 aliphatic heterocycles. The largest absolute Gasteiger partial charge is 0.324 e. The summed E-state index contributed by atoms with van der Waals surface area (Å²) >= 11 is 0. The van der Waals surface area contributed by atoms with E-state index in [4.69, 9.17) is 0 Å². The van der Waals surface area contributed by atoms with E-state index in [1.54, 1.807) is 0 Å². The van der Waals surface area contributed by atoms with Crippen LogP contribution in [0.15, 0.2) is 78.9 Å². The van der Waals surface area contributed by atoms with Crippen molar-refractivity contribution < 1.29 is 9.59 Å². The SMILES string of the molecule is Cc1ccc(NC(=O)CCCc2ccccc2)c(NC(=O)CCCc2ccccc2)c1. The number of amides is 2. The van der Waals surface area contributed by atoms with E-state index in [0.717, 1.165) is 31.2 Å². The molecule has 0 heterocycles. The Bertz CT molecular complexity index is 985. The van der Waals surface area contributed by atoms with Crippen LogP contribution in [-0.4, -0.2) is 11.8 Å². The highest BCUT2D eigenvalue weighted by atomic mass is 16.2. The molecule has 3 rings (SSSR count). The maximum absolute atomic E-state index is 12.5. The van der Waals surface area contributed by atoms with Gasteiger partial charge in [-0.3, -0.25) is 9.59 Å². The van der Waals surface area contributed by atoms with E-state index >= 15 is 0 Å². The Hall–Kier alpha value is -3.40. The standard InChI is InChI=1S/C27H30N2O2/c1-21-18-19-24(28-26(30)16-8-14-22-10-4-2-5-11-22)25(20-21)29-27(31)17-9-15-23-12-6-3-7-13-23/h2-7,10-13,18-20H,8-9,14-17H2,1H3,(H,28,30)(H,29,31). The summed E-state index contributed by atoms with van der Waals surface area (Å²) in [6.45, 7) is 1.97. The first kappa shape index (κ1) is 22.3. The van der Waals surface area contributed by atoms with Gasteiger partial charge in [-0.05, 0) is 61.4 Å². The van der Waals surface area contributed by atoms with Gasteiger partial charge in [0.2, 0.25) is 11.8 Å². The van der Waals surface area contributed by atoms with E-state index < -0.39 is 0 Å². The van der Waals surface area contributed by atoms with Gasteiger partial charge in [-0.1, -0.05) is 66.7 Å². The predicted octanol–water partition coefficient (Wildman–Crippen LogP) is 5.92. The molecule has 2 N–H and O–H groups in total. The maximum Gasteiger partial charge on any atom is 0.224 e. The Morgan fingerprint density at radius 1 is 0.645 bits per heavy atom. The number of anilines is 2. The molecule has 4 heteroatoms. The third kappa shape index (κ3) is 7.74. The highest BCUT2D eigenvalue weighted by molar-refractivity contribution is 5.99. The molecule has 0 saturated heterocycles. The zero-order chi connectivity index (χ0) is 21.9. The molecule has 0 aliphatic rings. The first-order valence-electron chi connectivity index (χ1n) is 10.9. The molecule has 0 bridgehead atoms. The van der Waals surface area contributed by atoms with E-state index in [1.165, 1.54) is 11.1 Å². The molecule has 0 spiro atoms. The molecule has 0 saturated carbocycles. The number of carbonyl (C=O) groups is 2. The molecular weight excluding hydrogens is 384 g/mol. The van der Waals surface area contributed by atoms with Gasteiger partial charge in [0.05, 0.1) is 11.4 Å². The van der Waals surface area contributed by atoms with Crippen molar-refractivity contribution in [3.05, 3.63) is 95.6 Å². The third-order valence-electron chi connectivity index (χ3n) is 5.15. The van der Waals surface area contributed by atoms with Gasteiger partial charge in [0.1, 0.15) is 0 Å². The van der Waals surface area contributed by atoms with Crippen LogP contribution in [0.2, 0.25) is 0 Å².